The lowest BCUT2D eigenvalue weighted by atomic mass is 9.73. The van der Waals surface area contributed by atoms with Gasteiger partial charge in [0.2, 0.25) is 5.91 Å². The smallest absolute Gasteiger partial charge is 0.274 e. The van der Waals surface area contributed by atoms with E-state index in [0.717, 1.165) is 57.7 Å². The van der Waals surface area contributed by atoms with Gasteiger partial charge >= 0.3 is 0 Å². The van der Waals surface area contributed by atoms with Gasteiger partial charge in [-0.05, 0) is 40.3 Å². The molecule has 7 nitrogen and oxygen atoms in total. The summed E-state index contributed by atoms with van der Waals surface area (Å²) in [5, 5.41) is 0. The average molecular weight is 347 g/mol. The quantitative estimate of drug-likeness (QED) is 0.886. The molecule has 1 unspecified atom stereocenters. The van der Waals surface area contributed by atoms with Crippen LogP contribution >= 0.6 is 0 Å². The summed E-state index contributed by atoms with van der Waals surface area (Å²) in [6.45, 7) is 5.78. The van der Waals surface area contributed by atoms with Gasteiger partial charge in [0, 0.05) is 50.3 Å². The molecule has 1 N–H and O–H groups in total. The van der Waals surface area contributed by atoms with Crippen molar-refractivity contribution in [3.8, 4) is 0 Å². The van der Waals surface area contributed by atoms with Gasteiger partial charge in [-0.1, -0.05) is 0 Å². The number of aryl methyl sites for hydroxylation is 1. The number of H-pyrrole nitrogens is 1. The predicted octanol–water partition coefficient (Wildman–Crippen LogP) is 1.12. The van der Waals surface area contributed by atoms with E-state index in [4.69, 9.17) is 0 Å². The standard InChI is InChI=1S/C18H29N5O2/c1-14-16(20-13-19-14)17(25)23-8-4-6-18(12-23)7-5-15(24)22(11-18)10-9-21(2)3/h13H,4-12H2,1-3H3,(H,19,20). The van der Waals surface area contributed by atoms with E-state index in [1.807, 2.05) is 30.8 Å². The maximum Gasteiger partial charge on any atom is 0.274 e. The summed E-state index contributed by atoms with van der Waals surface area (Å²) >= 11 is 0. The minimum atomic E-state index is 0.00886. The lowest BCUT2D eigenvalue weighted by Crippen LogP contribution is -2.55. The van der Waals surface area contributed by atoms with Crippen LogP contribution in [0, 0.1) is 12.3 Å². The van der Waals surface area contributed by atoms with Crippen molar-refractivity contribution in [2.24, 2.45) is 5.41 Å². The Morgan fingerprint density at radius 2 is 2.16 bits per heavy atom. The largest absolute Gasteiger partial charge is 0.348 e. The molecule has 1 aromatic rings. The number of aromatic amines is 1. The van der Waals surface area contributed by atoms with Crippen LogP contribution in [0.25, 0.3) is 0 Å². The van der Waals surface area contributed by atoms with Crippen molar-refractivity contribution in [3.63, 3.8) is 0 Å². The molecule has 25 heavy (non-hydrogen) atoms. The summed E-state index contributed by atoms with van der Waals surface area (Å²) < 4.78 is 0. The Hall–Kier alpha value is -1.89. The molecule has 2 fully saturated rings. The molecule has 0 aromatic carbocycles. The zero-order valence-corrected chi connectivity index (χ0v) is 15.5. The van der Waals surface area contributed by atoms with Crippen LogP contribution in [0.3, 0.4) is 0 Å². The Bertz CT molecular complexity index is 641. The third-order valence-corrected chi connectivity index (χ3v) is 5.55. The van der Waals surface area contributed by atoms with E-state index >= 15 is 0 Å². The summed E-state index contributed by atoms with van der Waals surface area (Å²) in [5.74, 6) is 0.258. The van der Waals surface area contributed by atoms with Crippen molar-refractivity contribution < 1.29 is 9.59 Å². The predicted molar refractivity (Wildman–Crippen MR) is 95.3 cm³/mol. The summed E-state index contributed by atoms with van der Waals surface area (Å²) in [6, 6.07) is 0. The number of imidazole rings is 1. The lowest BCUT2D eigenvalue weighted by molar-refractivity contribution is -0.139. The summed E-state index contributed by atoms with van der Waals surface area (Å²) in [5.41, 5.74) is 1.38. The molecule has 3 rings (SSSR count). The van der Waals surface area contributed by atoms with Gasteiger partial charge in [-0.15, -0.1) is 0 Å². The van der Waals surface area contributed by atoms with Crippen molar-refractivity contribution in [1.29, 1.82) is 0 Å². The van der Waals surface area contributed by atoms with Crippen LogP contribution in [-0.4, -0.2) is 83.3 Å². The number of piperidine rings is 2. The first-order valence-electron chi connectivity index (χ1n) is 9.12. The highest BCUT2D eigenvalue weighted by atomic mass is 16.2. The van der Waals surface area contributed by atoms with E-state index in [2.05, 4.69) is 14.9 Å². The lowest BCUT2D eigenvalue weighted by Gasteiger charge is -2.48. The average Bonchev–Trinajstić information content (AvgIpc) is 3.01. The van der Waals surface area contributed by atoms with Crippen molar-refractivity contribution in [2.45, 2.75) is 32.6 Å². The number of likely N-dealkylation sites (N-methyl/N-ethyl adjacent to an activating group) is 1. The maximum absolute atomic E-state index is 12.8. The number of nitrogens with zero attached hydrogens (tertiary/aromatic N) is 4. The summed E-state index contributed by atoms with van der Waals surface area (Å²) in [7, 11) is 4.05. The number of hydrogen-bond acceptors (Lipinski definition) is 4. The van der Waals surface area contributed by atoms with Crippen molar-refractivity contribution in [3.05, 3.63) is 17.7 Å². The molecule has 1 aromatic heterocycles. The van der Waals surface area contributed by atoms with Crippen LogP contribution in [0.15, 0.2) is 6.33 Å². The van der Waals surface area contributed by atoms with Gasteiger partial charge in [-0.2, -0.15) is 0 Å². The monoisotopic (exact) mass is 347 g/mol. The number of hydrogen-bond donors (Lipinski definition) is 1. The minimum Gasteiger partial charge on any atom is -0.348 e. The number of carbonyl (C=O) groups excluding carboxylic acids is 2. The summed E-state index contributed by atoms with van der Waals surface area (Å²) in [6.07, 6.45) is 5.13. The number of carbonyl (C=O) groups is 2. The van der Waals surface area contributed by atoms with Crippen molar-refractivity contribution in [2.75, 3.05) is 46.8 Å². The SMILES string of the molecule is Cc1[nH]cnc1C(=O)N1CCCC2(CCC(=O)N(CCN(C)C)C2)C1. The molecule has 3 heterocycles. The van der Waals surface area contributed by atoms with Crippen LogP contribution in [0.5, 0.6) is 0 Å². The zero-order chi connectivity index (χ0) is 18.0. The first-order valence-corrected chi connectivity index (χ1v) is 9.12. The maximum atomic E-state index is 12.8. The van der Waals surface area contributed by atoms with Gasteiger partial charge in [0.1, 0.15) is 5.69 Å². The number of nitrogens with one attached hydrogen (secondary N) is 1. The molecule has 7 heteroatoms. The molecule has 2 amide bonds. The molecule has 0 bridgehead atoms. The van der Waals surface area contributed by atoms with Crippen LogP contribution in [0.2, 0.25) is 0 Å². The first kappa shape index (κ1) is 17.9. The van der Waals surface area contributed by atoms with E-state index in [9.17, 15) is 9.59 Å². The number of amides is 2. The number of aromatic nitrogens is 2. The molecule has 1 atom stereocenters. The second kappa shape index (κ2) is 7.15. The van der Waals surface area contributed by atoms with Gasteiger partial charge in [0.05, 0.1) is 6.33 Å². The Labute approximate surface area is 149 Å². The third kappa shape index (κ3) is 3.86. The van der Waals surface area contributed by atoms with Gasteiger partial charge < -0.3 is 19.7 Å². The molecular weight excluding hydrogens is 318 g/mol. The fourth-order valence-electron chi connectivity index (χ4n) is 4.07. The third-order valence-electron chi connectivity index (χ3n) is 5.55. The van der Waals surface area contributed by atoms with Crippen molar-refractivity contribution in [1.82, 2.24) is 24.7 Å². The van der Waals surface area contributed by atoms with E-state index < -0.39 is 0 Å². The second-order valence-corrected chi connectivity index (χ2v) is 7.82. The second-order valence-electron chi connectivity index (χ2n) is 7.82. The topological polar surface area (TPSA) is 72.5 Å². The van der Waals surface area contributed by atoms with Crippen LogP contribution < -0.4 is 0 Å². The highest BCUT2D eigenvalue weighted by molar-refractivity contribution is 5.93. The molecule has 2 aliphatic heterocycles. The van der Waals surface area contributed by atoms with E-state index in [-0.39, 0.29) is 17.2 Å². The fraction of sp³-hybridized carbons (Fsp3) is 0.722. The Balaban J connectivity index is 1.70. The fourth-order valence-corrected chi connectivity index (χ4v) is 4.07. The minimum absolute atomic E-state index is 0.00886. The Kier molecular flexibility index (Phi) is 5.13. The number of likely N-dealkylation sites (tertiary alicyclic amines) is 2. The van der Waals surface area contributed by atoms with Crippen molar-refractivity contribution >= 4 is 11.8 Å². The first-order chi connectivity index (χ1) is 11.9. The molecule has 0 saturated carbocycles. The Morgan fingerprint density at radius 3 is 2.84 bits per heavy atom. The van der Waals surface area contributed by atoms with E-state index in [1.54, 1.807) is 6.33 Å². The number of rotatable bonds is 4. The van der Waals surface area contributed by atoms with Crippen LogP contribution in [0.4, 0.5) is 0 Å². The van der Waals surface area contributed by atoms with Gasteiger partial charge in [-0.3, -0.25) is 9.59 Å². The molecular formula is C18H29N5O2. The van der Waals surface area contributed by atoms with E-state index in [0.29, 0.717) is 12.1 Å². The molecule has 138 valence electrons. The molecule has 0 radical (unpaired) electrons. The highest BCUT2D eigenvalue weighted by Crippen LogP contribution is 2.39. The van der Waals surface area contributed by atoms with E-state index in [1.165, 1.54) is 0 Å². The van der Waals surface area contributed by atoms with Crippen LogP contribution in [0.1, 0.15) is 41.9 Å². The molecule has 2 aliphatic rings. The zero-order valence-electron chi connectivity index (χ0n) is 15.5. The summed E-state index contributed by atoms with van der Waals surface area (Å²) in [4.78, 5) is 38.3. The normalized spacial score (nSPS) is 24.4. The van der Waals surface area contributed by atoms with Gasteiger partial charge in [0.15, 0.2) is 0 Å². The van der Waals surface area contributed by atoms with Gasteiger partial charge in [0.25, 0.3) is 5.91 Å². The van der Waals surface area contributed by atoms with Crippen LogP contribution in [-0.2, 0) is 4.79 Å². The van der Waals surface area contributed by atoms with Gasteiger partial charge in [-0.25, -0.2) is 4.98 Å². The highest BCUT2D eigenvalue weighted by Gasteiger charge is 2.43. The molecule has 0 aliphatic carbocycles. The molecule has 2 saturated heterocycles. The Morgan fingerprint density at radius 1 is 1.36 bits per heavy atom. The molecule has 1 spiro atoms.